The highest BCUT2D eigenvalue weighted by molar-refractivity contribution is 5.57. The van der Waals surface area contributed by atoms with Gasteiger partial charge in [0, 0.05) is 44.6 Å². The van der Waals surface area contributed by atoms with Gasteiger partial charge in [0.15, 0.2) is 0 Å². The van der Waals surface area contributed by atoms with Crippen LogP contribution in [0.25, 0.3) is 0 Å². The second kappa shape index (κ2) is 7.34. The van der Waals surface area contributed by atoms with Crippen molar-refractivity contribution < 1.29 is 0 Å². The van der Waals surface area contributed by atoms with E-state index in [4.69, 9.17) is 0 Å². The number of aryl methyl sites for hydroxylation is 1. The first kappa shape index (κ1) is 16.3. The first-order valence-electron chi connectivity index (χ1n) is 8.43. The minimum atomic E-state index is 0.657. The summed E-state index contributed by atoms with van der Waals surface area (Å²) >= 11 is 0. The average molecular weight is 323 g/mol. The van der Waals surface area contributed by atoms with Gasteiger partial charge in [0.2, 0.25) is 5.95 Å². The lowest BCUT2D eigenvalue weighted by atomic mass is 10.1. The van der Waals surface area contributed by atoms with E-state index in [2.05, 4.69) is 63.7 Å². The zero-order valence-electron chi connectivity index (χ0n) is 14.5. The molecular weight excluding hydrogens is 298 g/mol. The molecule has 3 rings (SSSR count). The van der Waals surface area contributed by atoms with Gasteiger partial charge in [-0.3, -0.25) is 0 Å². The second-order valence-corrected chi connectivity index (χ2v) is 6.10. The molecule has 1 aliphatic rings. The summed E-state index contributed by atoms with van der Waals surface area (Å²) in [4.78, 5) is 13.6. The summed E-state index contributed by atoms with van der Waals surface area (Å²) in [6.45, 7) is 12.7. The Labute approximate surface area is 144 Å². The van der Waals surface area contributed by atoms with Gasteiger partial charge in [-0.15, -0.1) is 6.58 Å². The van der Waals surface area contributed by atoms with Crippen LogP contribution >= 0.6 is 0 Å². The van der Waals surface area contributed by atoms with Crippen molar-refractivity contribution in [3.05, 3.63) is 54.2 Å². The van der Waals surface area contributed by atoms with E-state index in [-0.39, 0.29) is 0 Å². The highest BCUT2D eigenvalue weighted by Crippen LogP contribution is 2.25. The van der Waals surface area contributed by atoms with Crippen molar-refractivity contribution in [2.75, 3.05) is 47.8 Å². The second-order valence-electron chi connectivity index (χ2n) is 6.10. The summed E-state index contributed by atoms with van der Waals surface area (Å²) < 4.78 is 0. The lowest BCUT2D eigenvalue weighted by molar-refractivity contribution is 0.645. The van der Waals surface area contributed by atoms with Crippen LogP contribution < -0.4 is 15.1 Å². The van der Waals surface area contributed by atoms with Crippen LogP contribution in [0.4, 0.5) is 17.5 Å². The standard InChI is InChI=1S/C19H25N5/c1-4-9-20-19-21-10-8-18(22-19)24-13-11-23(12-14-24)17-7-5-6-15(2)16(17)3/h4-8,10H,1,9,11-14H2,2-3H3,(H,20,21,22). The Balaban J connectivity index is 1.67. The smallest absolute Gasteiger partial charge is 0.224 e. The zero-order valence-corrected chi connectivity index (χ0v) is 14.5. The Kier molecular flexibility index (Phi) is 4.99. The summed E-state index contributed by atoms with van der Waals surface area (Å²) in [6.07, 6.45) is 3.61. The molecule has 0 saturated carbocycles. The van der Waals surface area contributed by atoms with E-state index >= 15 is 0 Å². The van der Waals surface area contributed by atoms with Crippen molar-refractivity contribution in [2.45, 2.75) is 13.8 Å². The van der Waals surface area contributed by atoms with Gasteiger partial charge in [0.1, 0.15) is 5.82 Å². The quantitative estimate of drug-likeness (QED) is 0.857. The fraction of sp³-hybridized carbons (Fsp3) is 0.368. The first-order valence-corrected chi connectivity index (χ1v) is 8.43. The molecule has 2 heterocycles. The number of nitrogens with one attached hydrogen (secondary N) is 1. The molecule has 0 aliphatic carbocycles. The first-order chi connectivity index (χ1) is 11.7. The molecule has 1 saturated heterocycles. The van der Waals surface area contributed by atoms with E-state index in [9.17, 15) is 0 Å². The lowest BCUT2D eigenvalue weighted by Crippen LogP contribution is -2.47. The van der Waals surface area contributed by atoms with Gasteiger partial charge in [0.25, 0.3) is 0 Å². The molecule has 0 radical (unpaired) electrons. The monoisotopic (exact) mass is 323 g/mol. The van der Waals surface area contributed by atoms with Crippen molar-refractivity contribution in [2.24, 2.45) is 0 Å². The van der Waals surface area contributed by atoms with E-state index in [1.165, 1.54) is 16.8 Å². The average Bonchev–Trinajstić information content (AvgIpc) is 2.63. The van der Waals surface area contributed by atoms with Crippen LogP contribution in [0, 0.1) is 13.8 Å². The Morgan fingerprint density at radius 3 is 2.62 bits per heavy atom. The van der Waals surface area contributed by atoms with E-state index in [1.807, 2.05) is 12.3 Å². The maximum atomic E-state index is 4.60. The Morgan fingerprint density at radius 2 is 1.88 bits per heavy atom. The Hall–Kier alpha value is -2.56. The van der Waals surface area contributed by atoms with Crippen LogP contribution in [-0.2, 0) is 0 Å². The number of anilines is 3. The van der Waals surface area contributed by atoms with E-state index < -0.39 is 0 Å². The maximum Gasteiger partial charge on any atom is 0.224 e. The van der Waals surface area contributed by atoms with Crippen molar-refractivity contribution in [1.82, 2.24) is 9.97 Å². The summed E-state index contributed by atoms with van der Waals surface area (Å²) in [7, 11) is 0. The molecule has 1 aromatic carbocycles. The molecule has 0 amide bonds. The number of hydrogen-bond donors (Lipinski definition) is 1. The van der Waals surface area contributed by atoms with Crippen molar-refractivity contribution >= 4 is 17.5 Å². The predicted molar refractivity (Wildman–Crippen MR) is 101 cm³/mol. The van der Waals surface area contributed by atoms with Gasteiger partial charge in [-0.2, -0.15) is 4.98 Å². The van der Waals surface area contributed by atoms with Crippen molar-refractivity contribution in [3.63, 3.8) is 0 Å². The topological polar surface area (TPSA) is 44.3 Å². The summed E-state index contributed by atoms with van der Waals surface area (Å²) in [5.74, 6) is 1.64. The summed E-state index contributed by atoms with van der Waals surface area (Å²) in [6, 6.07) is 8.52. The molecule has 2 aromatic rings. The van der Waals surface area contributed by atoms with E-state index in [0.717, 1.165) is 32.0 Å². The Morgan fingerprint density at radius 1 is 1.12 bits per heavy atom. The fourth-order valence-corrected chi connectivity index (χ4v) is 3.03. The summed E-state index contributed by atoms with van der Waals surface area (Å²) in [5.41, 5.74) is 4.08. The minimum absolute atomic E-state index is 0.657. The van der Waals surface area contributed by atoms with Crippen molar-refractivity contribution in [1.29, 1.82) is 0 Å². The molecule has 0 bridgehead atoms. The number of benzene rings is 1. The van der Waals surface area contributed by atoms with Crippen LogP contribution in [0.3, 0.4) is 0 Å². The number of rotatable bonds is 5. The molecule has 5 nitrogen and oxygen atoms in total. The van der Waals surface area contributed by atoms with E-state index in [1.54, 1.807) is 6.08 Å². The van der Waals surface area contributed by atoms with Gasteiger partial charge >= 0.3 is 0 Å². The van der Waals surface area contributed by atoms with Crippen LogP contribution in [0.15, 0.2) is 43.1 Å². The predicted octanol–water partition coefficient (Wildman–Crippen LogP) is 3.02. The molecule has 0 atom stereocenters. The highest BCUT2D eigenvalue weighted by Gasteiger charge is 2.20. The molecule has 1 N–H and O–H groups in total. The van der Waals surface area contributed by atoms with Crippen LogP contribution in [0.2, 0.25) is 0 Å². The van der Waals surface area contributed by atoms with Gasteiger partial charge in [-0.1, -0.05) is 18.2 Å². The number of nitrogens with zero attached hydrogens (tertiary/aromatic N) is 4. The van der Waals surface area contributed by atoms with Gasteiger partial charge in [-0.25, -0.2) is 4.98 Å². The molecule has 126 valence electrons. The van der Waals surface area contributed by atoms with Crippen LogP contribution in [0.1, 0.15) is 11.1 Å². The molecule has 1 aromatic heterocycles. The van der Waals surface area contributed by atoms with Crippen molar-refractivity contribution in [3.8, 4) is 0 Å². The molecule has 0 spiro atoms. The molecule has 1 fully saturated rings. The molecule has 0 unspecified atom stereocenters. The van der Waals surface area contributed by atoms with Gasteiger partial charge in [0.05, 0.1) is 0 Å². The molecular formula is C19H25N5. The SMILES string of the molecule is C=CCNc1nccc(N2CCN(c3cccc(C)c3C)CC2)n1. The molecule has 1 aliphatic heterocycles. The molecule has 5 heteroatoms. The number of aromatic nitrogens is 2. The van der Waals surface area contributed by atoms with E-state index in [0.29, 0.717) is 12.5 Å². The fourth-order valence-electron chi connectivity index (χ4n) is 3.03. The molecule has 24 heavy (non-hydrogen) atoms. The van der Waals surface area contributed by atoms with Crippen LogP contribution in [0.5, 0.6) is 0 Å². The number of hydrogen-bond acceptors (Lipinski definition) is 5. The third kappa shape index (κ3) is 3.50. The maximum absolute atomic E-state index is 4.60. The minimum Gasteiger partial charge on any atom is -0.368 e. The lowest BCUT2D eigenvalue weighted by Gasteiger charge is -2.37. The number of piperazine rings is 1. The highest BCUT2D eigenvalue weighted by atomic mass is 15.3. The van der Waals surface area contributed by atoms with Gasteiger partial charge in [-0.05, 0) is 37.1 Å². The van der Waals surface area contributed by atoms with Gasteiger partial charge < -0.3 is 15.1 Å². The zero-order chi connectivity index (χ0) is 16.9. The largest absolute Gasteiger partial charge is 0.368 e. The third-order valence-corrected chi connectivity index (χ3v) is 4.57. The third-order valence-electron chi connectivity index (χ3n) is 4.57. The normalized spacial score (nSPS) is 14.6. The van der Waals surface area contributed by atoms with Crippen LogP contribution in [-0.4, -0.2) is 42.7 Å². The Bertz CT molecular complexity index is 705. The summed E-state index contributed by atoms with van der Waals surface area (Å²) in [5, 5.41) is 3.14.